The third kappa shape index (κ3) is 5.78. The summed E-state index contributed by atoms with van der Waals surface area (Å²) in [7, 11) is 0. The van der Waals surface area contributed by atoms with Gasteiger partial charge in [-0.3, -0.25) is 4.79 Å². The van der Waals surface area contributed by atoms with Crippen molar-refractivity contribution in [3.63, 3.8) is 0 Å². The molecule has 0 radical (unpaired) electrons. The first kappa shape index (κ1) is 17.7. The van der Waals surface area contributed by atoms with Crippen LogP contribution in [0.2, 0.25) is 0 Å². The smallest absolute Gasteiger partial charge is 0.408 e. The summed E-state index contributed by atoms with van der Waals surface area (Å²) in [6.45, 7) is 6.66. The minimum atomic E-state index is -0.575. The average molecular weight is 336 g/mol. The molecule has 0 aliphatic carbocycles. The first-order valence-electron chi connectivity index (χ1n) is 7.75. The zero-order chi connectivity index (χ0) is 16.9. The lowest BCUT2D eigenvalue weighted by Gasteiger charge is -2.26. The highest BCUT2D eigenvalue weighted by Crippen LogP contribution is 2.16. The first-order chi connectivity index (χ1) is 10.8. The Morgan fingerprint density at radius 2 is 2.04 bits per heavy atom. The maximum absolute atomic E-state index is 12.7. The van der Waals surface area contributed by atoms with Gasteiger partial charge in [-0.25, -0.2) is 4.79 Å². The molecule has 2 amide bonds. The van der Waals surface area contributed by atoms with E-state index in [0.29, 0.717) is 18.8 Å². The van der Waals surface area contributed by atoms with Gasteiger partial charge in [0.2, 0.25) is 5.91 Å². The SMILES string of the molecule is CC(C)(C)OC(=O)NC1CSCCN(Cc2ccccc2)C1=O. The zero-order valence-electron chi connectivity index (χ0n) is 13.9. The Hall–Kier alpha value is -1.69. The van der Waals surface area contributed by atoms with Gasteiger partial charge in [-0.1, -0.05) is 30.3 Å². The van der Waals surface area contributed by atoms with Gasteiger partial charge in [-0.2, -0.15) is 11.8 Å². The van der Waals surface area contributed by atoms with E-state index in [1.807, 2.05) is 30.3 Å². The Morgan fingerprint density at radius 3 is 2.70 bits per heavy atom. The topological polar surface area (TPSA) is 58.6 Å². The van der Waals surface area contributed by atoms with Gasteiger partial charge >= 0.3 is 6.09 Å². The zero-order valence-corrected chi connectivity index (χ0v) is 14.7. The van der Waals surface area contributed by atoms with E-state index >= 15 is 0 Å². The Labute approximate surface area is 141 Å². The molecule has 0 spiro atoms. The lowest BCUT2D eigenvalue weighted by molar-refractivity contribution is -0.133. The van der Waals surface area contributed by atoms with Crippen LogP contribution in [0.5, 0.6) is 0 Å². The largest absolute Gasteiger partial charge is 0.444 e. The van der Waals surface area contributed by atoms with Gasteiger partial charge in [0.25, 0.3) is 0 Å². The summed E-state index contributed by atoms with van der Waals surface area (Å²) in [5, 5.41) is 2.71. The number of nitrogens with zero attached hydrogens (tertiary/aromatic N) is 1. The van der Waals surface area contributed by atoms with E-state index in [0.717, 1.165) is 11.3 Å². The molecule has 1 fully saturated rings. The van der Waals surface area contributed by atoms with Crippen molar-refractivity contribution in [2.24, 2.45) is 0 Å². The van der Waals surface area contributed by atoms with Crippen LogP contribution in [0.4, 0.5) is 4.79 Å². The molecule has 1 aliphatic heterocycles. The molecule has 0 saturated carbocycles. The predicted octanol–water partition coefficient (Wildman–Crippen LogP) is 2.66. The Kier molecular flexibility index (Phi) is 5.93. The van der Waals surface area contributed by atoms with E-state index in [4.69, 9.17) is 4.74 Å². The third-order valence-corrected chi connectivity index (χ3v) is 4.35. The third-order valence-electron chi connectivity index (χ3n) is 3.31. The Bertz CT molecular complexity index is 543. The molecule has 0 aromatic heterocycles. The van der Waals surface area contributed by atoms with Crippen molar-refractivity contribution in [2.45, 2.75) is 39.0 Å². The molecule has 1 atom stereocenters. The molecule has 1 heterocycles. The molecular weight excluding hydrogens is 312 g/mol. The molecule has 126 valence electrons. The number of hydrogen-bond donors (Lipinski definition) is 1. The summed E-state index contributed by atoms with van der Waals surface area (Å²) in [5.74, 6) is 1.39. The molecule has 6 heteroatoms. The number of hydrogen-bond acceptors (Lipinski definition) is 4. The van der Waals surface area contributed by atoms with Gasteiger partial charge in [-0.05, 0) is 26.3 Å². The number of thioether (sulfide) groups is 1. The Balaban J connectivity index is 2.00. The highest BCUT2D eigenvalue weighted by atomic mass is 32.2. The van der Waals surface area contributed by atoms with Crippen LogP contribution in [-0.4, -0.2) is 46.6 Å². The number of rotatable bonds is 3. The highest BCUT2D eigenvalue weighted by Gasteiger charge is 2.30. The van der Waals surface area contributed by atoms with Gasteiger partial charge in [0.1, 0.15) is 11.6 Å². The minimum absolute atomic E-state index is 0.0512. The quantitative estimate of drug-likeness (QED) is 0.922. The predicted molar refractivity (Wildman–Crippen MR) is 92.3 cm³/mol. The minimum Gasteiger partial charge on any atom is -0.444 e. The van der Waals surface area contributed by atoms with Crippen molar-refractivity contribution in [1.29, 1.82) is 0 Å². The molecule has 1 unspecified atom stereocenters. The van der Waals surface area contributed by atoms with Crippen LogP contribution in [0.3, 0.4) is 0 Å². The maximum Gasteiger partial charge on any atom is 0.408 e. The fraction of sp³-hybridized carbons (Fsp3) is 0.529. The number of ether oxygens (including phenoxy) is 1. The molecule has 0 bridgehead atoms. The number of carbonyl (C=O) groups is 2. The van der Waals surface area contributed by atoms with Crippen molar-refractivity contribution in [3.8, 4) is 0 Å². The summed E-state index contributed by atoms with van der Waals surface area (Å²) in [5.41, 5.74) is 0.512. The van der Waals surface area contributed by atoms with Gasteiger partial charge < -0.3 is 15.0 Å². The number of nitrogens with one attached hydrogen (secondary N) is 1. The van der Waals surface area contributed by atoms with Crippen molar-refractivity contribution in [3.05, 3.63) is 35.9 Å². The van der Waals surface area contributed by atoms with Gasteiger partial charge in [-0.15, -0.1) is 0 Å². The number of carbonyl (C=O) groups excluding carboxylic acids is 2. The van der Waals surface area contributed by atoms with E-state index in [1.165, 1.54) is 0 Å². The van der Waals surface area contributed by atoms with Crippen LogP contribution in [0, 0.1) is 0 Å². The monoisotopic (exact) mass is 336 g/mol. The van der Waals surface area contributed by atoms with E-state index < -0.39 is 17.7 Å². The van der Waals surface area contributed by atoms with Crippen molar-refractivity contribution < 1.29 is 14.3 Å². The fourth-order valence-corrected chi connectivity index (χ4v) is 3.27. The first-order valence-corrected chi connectivity index (χ1v) is 8.90. The van der Waals surface area contributed by atoms with Crippen LogP contribution < -0.4 is 5.32 Å². The van der Waals surface area contributed by atoms with Crippen molar-refractivity contribution in [2.75, 3.05) is 18.1 Å². The maximum atomic E-state index is 12.7. The van der Waals surface area contributed by atoms with Crippen molar-refractivity contribution >= 4 is 23.8 Å². The van der Waals surface area contributed by atoms with Gasteiger partial charge in [0.05, 0.1) is 0 Å². The summed E-state index contributed by atoms with van der Waals surface area (Å²) in [4.78, 5) is 26.4. The van der Waals surface area contributed by atoms with Crippen LogP contribution in [-0.2, 0) is 16.1 Å². The van der Waals surface area contributed by atoms with E-state index in [9.17, 15) is 9.59 Å². The van der Waals surface area contributed by atoms with Crippen LogP contribution in [0.15, 0.2) is 30.3 Å². The number of benzene rings is 1. The van der Waals surface area contributed by atoms with E-state index in [1.54, 1.807) is 37.4 Å². The number of alkyl carbamates (subject to hydrolysis) is 1. The molecule has 1 aromatic rings. The normalized spacial score (nSPS) is 19.2. The average Bonchev–Trinajstić information content (AvgIpc) is 2.62. The van der Waals surface area contributed by atoms with Crippen LogP contribution in [0.1, 0.15) is 26.3 Å². The number of amides is 2. The molecule has 1 N–H and O–H groups in total. The van der Waals surface area contributed by atoms with E-state index in [2.05, 4.69) is 5.32 Å². The summed E-state index contributed by atoms with van der Waals surface area (Å²) >= 11 is 1.67. The fourth-order valence-electron chi connectivity index (χ4n) is 2.29. The molecule has 1 saturated heterocycles. The summed E-state index contributed by atoms with van der Waals surface area (Å²) in [6.07, 6.45) is -0.544. The lowest BCUT2D eigenvalue weighted by atomic mass is 10.2. The standard InChI is InChI=1S/C17H24N2O3S/c1-17(2,3)22-16(21)18-14-12-23-10-9-19(15(14)20)11-13-7-5-4-6-8-13/h4-8,14H,9-12H2,1-3H3,(H,18,21). The Morgan fingerprint density at radius 1 is 1.35 bits per heavy atom. The molecular formula is C17H24N2O3S. The summed E-state index contributed by atoms with van der Waals surface area (Å²) in [6, 6.07) is 9.34. The highest BCUT2D eigenvalue weighted by molar-refractivity contribution is 7.99. The van der Waals surface area contributed by atoms with Gasteiger partial charge in [0.15, 0.2) is 0 Å². The van der Waals surface area contributed by atoms with Gasteiger partial charge in [0, 0.05) is 24.6 Å². The van der Waals surface area contributed by atoms with E-state index in [-0.39, 0.29) is 5.91 Å². The lowest BCUT2D eigenvalue weighted by Crippen LogP contribution is -2.49. The molecule has 1 aliphatic rings. The van der Waals surface area contributed by atoms with Crippen LogP contribution >= 0.6 is 11.8 Å². The molecule has 2 rings (SSSR count). The van der Waals surface area contributed by atoms with Crippen LogP contribution in [0.25, 0.3) is 0 Å². The summed E-state index contributed by atoms with van der Waals surface area (Å²) < 4.78 is 5.25. The van der Waals surface area contributed by atoms with Crippen molar-refractivity contribution in [1.82, 2.24) is 10.2 Å². The second-order valence-corrected chi connectivity index (χ2v) is 7.67. The second kappa shape index (κ2) is 7.73. The second-order valence-electron chi connectivity index (χ2n) is 6.52. The molecule has 5 nitrogen and oxygen atoms in total. The molecule has 23 heavy (non-hydrogen) atoms. The molecule has 1 aromatic carbocycles.